The molecular formula is C37H40N4O6. The molecule has 0 spiro atoms. The van der Waals surface area contributed by atoms with Gasteiger partial charge >= 0.3 is 17.9 Å². The van der Waals surface area contributed by atoms with Crippen molar-refractivity contribution in [3.63, 3.8) is 0 Å². The molecular weight excluding hydrogens is 597 g/mol. The van der Waals surface area contributed by atoms with Gasteiger partial charge in [0.25, 0.3) is 0 Å². The quantitative estimate of drug-likeness (QED) is 0.155. The Balaban J connectivity index is 2.03. The van der Waals surface area contributed by atoms with E-state index in [2.05, 4.69) is 23.1 Å². The molecule has 0 saturated carbocycles. The summed E-state index contributed by atoms with van der Waals surface area (Å²) in [4.78, 5) is 55.9. The van der Waals surface area contributed by atoms with E-state index in [-0.39, 0.29) is 41.9 Å². The molecule has 3 aromatic heterocycles. The van der Waals surface area contributed by atoms with Gasteiger partial charge in [0.1, 0.15) is 0 Å². The first-order valence-electron chi connectivity index (χ1n) is 15.4. The number of H-pyrrole nitrogens is 2. The highest BCUT2D eigenvalue weighted by Crippen LogP contribution is 2.44. The first kappa shape index (κ1) is 33.1. The lowest BCUT2D eigenvalue weighted by atomic mass is 9.84. The van der Waals surface area contributed by atoms with Crippen LogP contribution in [0.25, 0.3) is 45.4 Å². The van der Waals surface area contributed by atoms with Crippen molar-refractivity contribution in [2.45, 2.75) is 58.8 Å². The largest absolute Gasteiger partial charge is 0.469 e. The van der Waals surface area contributed by atoms with Crippen molar-refractivity contribution in [1.82, 2.24) is 19.9 Å². The second kappa shape index (κ2) is 13.2. The standard InChI is InChI=1S/C37H40N4O6/c1-10-22-18(3)26-15-28-20(5)24(12-13-32(42)45-7)35(40-28)25(14-33(43)46-8)36-34(37(44)47-9)21(6)29(41-36)17-31-23(11-2)19(4)27(39-31)16-30(22)38-26/h10-11,15-17,20,24,38-39H,1-2,12-14H2,3-9H3/t20-,24-/m0/s1/i1+1. The predicted octanol–water partition coefficient (Wildman–Crippen LogP) is 6.88. The van der Waals surface area contributed by atoms with Crippen LogP contribution in [0.15, 0.2) is 31.4 Å². The Hall–Kier alpha value is -5.25. The molecule has 5 heterocycles. The van der Waals surface area contributed by atoms with Gasteiger partial charge in [0.05, 0.1) is 50.4 Å². The second-order valence-corrected chi connectivity index (χ2v) is 11.8. The highest BCUT2D eigenvalue weighted by atomic mass is 16.5. The summed E-state index contributed by atoms with van der Waals surface area (Å²) in [5, 5.41) is 0. The molecule has 0 fully saturated rings. The van der Waals surface area contributed by atoms with Crippen LogP contribution in [0.3, 0.4) is 0 Å². The summed E-state index contributed by atoms with van der Waals surface area (Å²) in [5.74, 6) is -1.93. The first-order valence-corrected chi connectivity index (χ1v) is 15.4. The molecule has 0 unspecified atom stereocenters. The van der Waals surface area contributed by atoms with Crippen LogP contribution in [-0.4, -0.2) is 59.2 Å². The first-order chi connectivity index (χ1) is 22.5. The van der Waals surface area contributed by atoms with Crippen molar-refractivity contribution in [1.29, 1.82) is 0 Å². The number of allylic oxidation sites excluding steroid dienone is 1. The molecule has 0 radical (unpaired) electrons. The van der Waals surface area contributed by atoms with Gasteiger partial charge in [-0.2, -0.15) is 0 Å². The fourth-order valence-corrected chi connectivity index (χ4v) is 6.55. The predicted molar refractivity (Wildman–Crippen MR) is 183 cm³/mol. The number of carbonyl (C=O) groups is 3. The number of nitrogens with zero attached hydrogens (tertiary/aromatic N) is 2. The minimum Gasteiger partial charge on any atom is -0.469 e. The smallest absolute Gasteiger partial charge is 0.340 e. The number of nitrogens with one attached hydrogen (secondary N) is 2. The average Bonchev–Trinajstić information content (AvgIpc) is 3.74. The third-order valence-corrected chi connectivity index (χ3v) is 9.32. The van der Waals surface area contributed by atoms with Gasteiger partial charge < -0.3 is 24.2 Å². The topological polar surface area (TPSA) is 136 Å². The zero-order chi connectivity index (χ0) is 34.2. The molecule has 8 bridgehead atoms. The maximum absolute atomic E-state index is 13.4. The van der Waals surface area contributed by atoms with Crippen LogP contribution in [0.5, 0.6) is 0 Å². The fraction of sp³-hybridized carbons (Fsp3) is 0.324. The van der Waals surface area contributed by atoms with Gasteiger partial charge in [-0.15, -0.1) is 0 Å². The lowest BCUT2D eigenvalue weighted by Gasteiger charge is -2.18. The average molecular weight is 638 g/mol. The summed E-state index contributed by atoms with van der Waals surface area (Å²) < 4.78 is 15.3. The van der Waals surface area contributed by atoms with Crippen LogP contribution in [-0.2, 0) is 35.0 Å². The van der Waals surface area contributed by atoms with E-state index in [0.717, 1.165) is 50.0 Å². The molecule has 0 aliphatic carbocycles. The van der Waals surface area contributed by atoms with Crippen molar-refractivity contribution in [2.75, 3.05) is 21.3 Å². The van der Waals surface area contributed by atoms with Crippen LogP contribution in [0.2, 0.25) is 0 Å². The van der Waals surface area contributed by atoms with Crippen LogP contribution < -0.4 is 0 Å². The molecule has 10 nitrogen and oxygen atoms in total. The van der Waals surface area contributed by atoms with Gasteiger partial charge in [-0.05, 0) is 62.1 Å². The molecule has 47 heavy (non-hydrogen) atoms. The number of esters is 3. The van der Waals surface area contributed by atoms with Gasteiger partial charge in [0, 0.05) is 62.7 Å². The van der Waals surface area contributed by atoms with Crippen LogP contribution in [0, 0.1) is 13.8 Å². The SMILES string of the molecule is C=Cc1c(C)c2cc3[nH]c(cc4nc(c(CC(=O)OC)c5nc(cc1[nH]2)C(C)=C5C(=O)OC)[C@@H](CCC(=O)OC)[C@@H]4C)c(C)c3C=[13CH2]. The minimum atomic E-state index is -0.592. The highest BCUT2D eigenvalue weighted by molar-refractivity contribution is 6.25. The van der Waals surface area contributed by atoms with Crippen molar-refractivity contribution >= 4 is 63.3 Å². The van der Waals surface area contributed by atoms with Gasteiger partial charge in [0.2, 0.25) is 0 Å². The zero-order valence-corrected chi connectivity index (χ0v) is 27.9. The molecule has 5 rings (SSSR count). The van der Waals surface area contributed by atoms with E-state index in [4.69, 9.17) is 24.2 Å². The monoisotopic (exact) mass is 637 g/mol. The summed E-state index contributed by atoms with van der Waals surface area (Å²) in [6.45, 7) is 16.0. The van der Waals surface area contributed by atoms with Crippen molar-refractivity contribution in [3.8, 4) is 0 Å². The van der Waals surface area contributed by atoms with Gasteiger partial charge in [-0.3, -0.25) is 14.6 Å². The number of aryl methyl sites for hydroxylation is 2. The molecule has 0 aromatic carbocycles. The number of hydrogen-bond donors (Lipinski definition) is 2. The molecule has 2 aliphatic heterocycles. The number of fused-ring (bicyclic) bond motifs is 8. The van der Waals surface area contributed by atoms with E-state index in [9.17, 15) is 14.4 Å². The maximum atomic E-state index is 13.4. The van der Waals surface area contributed by atoms with E-state index < -0.39 is 11.9 Å². The Morgan fingerprint density at radius 1 is 0.830 bits per heavy atom. The van der Waals surface area contributed by atoms with Gasteiger partial charge in [-0.25, -0.2) is 9.78 Å². The minimum absolute atomic E-state index is 0.138. The molecule has 2 aliphatic rings. The molecule has 2 atom stereocenters. The van der Waals surface area contributed by atoms with Crippen molar-refractivity contribution < 1.29 is 28.6 Å². The van der Waals surface area contributed by atoms with E-state index in [1.807, 2.05) is 45.0 Å². The summed E-state index contributed by atoms with van der Waals surface area (Å²) in [6.07, 6.45) is 3.95. The van der Waals surface area contributed by atoms with Gasteiger partial charge in [0.15, 0.2) is 0 Å². The number of aromatic amines is 2. The molecule has 244 valence electrons. The number of carbonyl (C=O) groups excluding carboxylic acids is 3. The fourth-order valence-electron chi connectivity index (χ4n) is 6.55. The number of aromatic nitrogens is 4. The lowest BCUT2D eigenvalue weighted by molar-refractivity contribution is -0.141. The number of rotatable bonds is 8. The molecule has 0 amide bonds. The number of hydrogen-bond acceptors (Lipinski definition) is 8. The Kier molecular flexibility index (Phi) is 9.33. The lowest BCUT2D eigenvalue weighted by Crippen LogP contribution is -2.15. The van der Waals surface area contributed by atoms with E-state index in [1.54, 1.807) is 13.0 Å². The van der Waals surface area contributed by atoms with Crippen LogP contribution in [0.4, 0.5) is 0 Å². The van der Waals surface area contributed by atoms with Gasteiger partial charge in [-0.1, -0.05) is 32.2 Å². The Morgan fingerprint density at radius 3 is 2.00 bits per heavy atom. The van der Waals surface area contributed by atoms with Crippen molar-refractivity contribution in [3.05, 3.63) is 81.9 Å². The molecule has 3 aromatic rings. The number of ether oxygens (including phenoxy) is 3. The Morgan fingerprint density at radius 2 is 1.43 bits per heavy atom. The highest BCUT2D eigenvalue weighted by Gasteiger charge is 2.36. The summed E-state index contributed by atoms with van der Waals surface area (Å²) in [5.41, 5.74) is 10.5. The third-order valence-electron chi connectivity index (χ3n) is 9.32. The summed E-state index contributed by atoms with van der Waals surface area (Å²) in [7, 11) is 3.97. The molecule has 10 heteroatoms. The zero-order valence-electron chi connectivity index (χ0n) is 27.9. The third kappa shape index (κ3) is 5.91. The molecule has 0 saturated heterocycles. The second-order valence-electron chi connectivity index (χ2n) is 11.8. The van der Waals surface area contributed by atoms with Crippen molar-refractivity contribution in [2.24, 2.45) is 0 Å². The van der Waals surface area contributed by atoms with Crippen LogP contribution >= 0.6 is 0 Å². The summed E-state index contributed by atoms with van der Waals surface area (Å²) >= 11 is 0. The van der Waals surface area contributed by atoms with E-state index in [1.165, 1.54) is 21.3 Å². The molecule has 2 N–H and O–H groups in total. The Bertz CT molecular complexity index is 2030. The van der Waals surface area contributed by atoms with E-state index in [0.29, 0.717) is 28.9 Å². The van der Waals surface area contributed by atoms with E-state index >= 15 is 0 Å². The normalized spacial score (nSPS) is 15.7. The summed E-state index contributed by atoms with van der Waals surface area (Å²) in [6, 6.07) is 5.91. The Labute approximate surface area is 273 Å². The maximum Gasteiger partial charge on any atom is 0.340 e. The number of methoxy groups -OCH3 is 3. The van der Waals surface area contributed by atoms with Crippen LogP contribution in [0.1, 0.15) is 89.1 Å².